The van der Waals surface area contributed by atoms with E-state index in [1.165, 1.54) is 12.5 Å². The molecule has 1 aromatic rings. The first kappa shape index (κ1) is 16.5. The van der Waals surface area contributed by atoms with E-state index >= 15 is 0 Å². The van der Waals surface area contributed by atoms with E-state index in [4.69, 9.17) is 16.7 Å². The highest BCUT2D eigenvalue weighted by Gasteiger charge is 2.25. The van der Waals surface area contributed by atoms with E-state index < -0.39 is 6.61 Å². The Morgan fingerprint density at radius 2 is 2.14 bits per heavy atom. The minimum Gasteiger partial charge on any atom is -0.434 e. The zero-order chi connectivity index (χ0) is 15.2. The van der Waals surface area contributed by atoms with Crippen LogP contribution < -0.4 is 4.74 Å². The summed E-state index contributed by atoms with van der Waals surface area (Å²) in [7, 11) is 0. The van der Waals surface area contributed by atoms with Gasteiger partial charge in [-0.25, -0.2) is 0 Å². The molecule has 0 heterocycles. The summed E-state index contributed by atoms with van der Waals surface area (Å²) in [4.78, 5) is 2.21. The second-order valence-corrected chi connectivity index (χ2v) is 5.70. The molecule has 0 aromatic heterocycles. The lowest BCUT2D eigenvalue weighted by molar-refractivity contribution is -0.0510. The van der Waals surface area contributed by atoms with Gasteiger partial charge in [-0.1, -0.05) is 18.0 Å². The van der Waals surface area contributed by atoms with Crippen molar-refractivity contribution in [3.63, 3.8) is 0 Å². The van der Waals surface area contributed by atoms with Crippen LogP contribution in [0.25, 0.3) is 0 Å². The van der Waals surface area contributed by atoms with Gasteiger partial charge in [-0.15, -0.1) is 0 Å². The predicted octanol–water partition coefficient (Wildman–Crippen LogP) is 3.68. The van der Waals surface area contributed by atoms with Gasteiger partial charge in [0.1, 0.15) is 5.75 Å². The van der Waals surface area contributed by atoms with Gasteiger partial charge in [0.05, 0.1) is 0 Å². The van der Waals surface area contributed by atoms with Gasteiger partial charge in [-0.05, 0) is 37.5 Å². The molecule has 0 bridgehead atoms. The summed E-state index contributed by atoms with van der Waals surface area (Å²) in [5, 5.41) is 9.50. The minimum absolute atomic E-state index is 0.124. The van der Waals surface area contributed by atoms with Crippen LogP contribution in [0.5, 0.6) is 5.75 Å². The zero-order valence-electron chi connectivity index (χ0n) is 11.8. The molecular formula is C15H20ClF2NO2. The van der Waals surface area contributed by atoms with Crippen molar-refractivity contribution in [3.8, 4) is 5.75 Å². The van der Waals surface area contributed by atoms with Gasteiger partial charge < -0.3 is 9.84 Å². The summed E-state index contributed by atoms with van der Waals surface area (Å²) >= 11 is 5.97. The van der Waals surface area contributed by atoms with Crippen molar-refractivity contribution in [1.29, 1.82) is 0 Å². The molecule has 1 aliphatic carbocycles. The van der Waals surface area contributed by atoms with Crippen molar-refractivity contribution >= 4 is 11.6 Å². The van der Waals surface area contributed by atoms with Gasteiger partial charge in [0, 0.05) is 36.3 Å². The quantitative estimate of drug-likeness (QED) is 0.793. The molecular weight excluding hydrogens is 300 g/mol. The summed E-state index contributed by atoms with van der Waals surface area (Å²) in [6.45, 7) is -1.48. The number of ether oxygens (including phenoxy) is 1. The van der Waals surface area contributed by atoms with Crippen LogP contribution in [-0.4, -0.2) is 35.8 Å². The number of nitrogens with zero attached hydrogens (tertiary/aromatic N) is 1. The number of benzene rings is 1. The van der Waals surface area contributed by atoms with Crippen molar-refractivity contribution in [1.82, 2.24) is 4.90 Å². The standard InChI is InChI=1S/C15H20ClF2NO2/c16-12-5-6-14(21-15(17)18)11(9-12)10-19(7-2-8-20)13-3-1-4-13/h5-6,9,13,15,20H,1-4,7-8,10H2. The van der Waals surface area contributed by atoms with E-state index in [1.807, 2.05) is 0 Å². The number of rotatable bonds is 8. The average Bonchev–Trinajstić information content (AvgIpc) is 2.36. The highest BCUT2D eigenvalue weighted by atomic mass is 35.5. The Balaban J connectivity index is 2.11. The second kappa shape index (κ2) is 7.92. The van der Waals surface area contributed by atoms with Crippen molar-refractivity contribution in [2.24, 2.45) is 0 Å². The third-order valence-electron chi connectivity index (χ3n) is 3.81. The predicted molar refractivity (Wildman–Crippen MR) is 77.8 cm³/mol. The number of hydrogen-bond donors (Lipinski definition) is 1. The van der Waals surface area contributed by atoms with E-state index in [2.05, 4.69) is 9.64 Å². The maximum absolute atomic E-state index is 12.5. The van der Waals surface area contributed by atoms with Crippen molar-refractivity contribution in [2.45, 2.75) is 44.9 Å². The molecule has 118 valence electrons. The van der Waals surface area contributed by atoms with Crippen LogP contribution in [0.2, 0.25) is 5.02 Å². The molecule has 0 atom stereocenters. The van der Waals surface area contributed by atoms with Crippen LogP contribution in [0, 0.1) is 0 Å². The Hall–Kier alpha value is -0.910. The molecule has 0 saturated heterocycles. The van der Waals surface area contributed by atoms with Crippen molar-refractivity contribution < 1.29 is 18.6 Å². The fourth-order valence-electron chi connectivity index (χ4n) is 2.52. The molecule has 0 aliphatic heterocycles. The Morgan fingerprint density at radius 3 is 2.71 bits per heavy atom. The van der Waals surface area contributed by atoms with E-state index in [1.54, 1.807) is 12.1 Å². The van der Waals surface area contributed by atoms with Gasteiger partial charge in [0.2, 0.25) is 0 Å². The summed E-state index contributed by atoms with van der Waals surface area (Å²) < 4.78 is 29.5. The molecule has 1 aliphatic rings. The lowest BCUT2D eigenvalue weighted by atomic mass is 9.91. The summed E-state index contributed by atoms with van der Waals surface area (Å²) in [6.07, 6.45) is 4.08. The van der Waals surface area contributed by atoms with Crippen LogP contribution in [0.1, 0.15) is 31.2 Å². The molecule has 0 amide bonds. The second-order valence-electron chi connectivity index (χ2n) is 5.26. The van der Waals surface area contributed by atoms with Crippen LogP contribution in [0.4, 0.5) is 8.78 Å². The van der Waals surface area contributed by atoms with Crippen LogP contribution >= 0.6 is 11.6 Å². The first-order valence-corrected chi connectivity index (χ1v) is 7.56. The molecule has 0 unspecified atom stereocenters. The smallest absolute Gasteiger partial charge is 0.387 e. The van der Waals surface area contributed by atoms with Crippen molar-refractivity contribution in [3.05, 3.63) is 28.8 Å². The molecule has 21 heavy (non-hydrogen) atoms. The number of hydrogen-bond acceptors (Lipinski definition) is 3. The molecule has 2 rings (SSSR count). The summed E-state index contributed by atoms with van der Waals surface area (Å²) in [5.41, 5.74) is 0.660. The Bertz CT molecular complexity index is 455. The lowest BCUT2D eigenvalue weighted by Crippen LogP contribution is -2.40. The van der Waals surface area contributed by atoms with Crippen LogP contribution in [0.3, 0.4) is 0 Å². The fourth-order valence-corrected chi connectivity index (χ4v) is 2.71. The molecule has 0 radical (unpaired) electrons. The first-order valence-electron chi connectivity index (χ1n) is 7.18. The monoisotopic (exact) mass is 319 g/mol. The van der Waals surface area contributed by atoms with Gasteiger partial charge in [-0.2, -0.15) is 8.78 Å². The minimum atomic E-state index is -2.85. The Morgan fingerprint density at radius 1 is 1.38 bits per heavy atom. The number of alkyl halides is 2. The fraction of sp³-hybridized carbons (Fsp3) is 0.600. The number of aliphatic hydroxyl groups is 1. The SMILES string of the molecule is OCCCN(Cc1cc(Cl)ccc1OC(F)F)C1CCC1. The Labute approximate surface area is 128 Å². The molecule has 6 heteroatoms. The Kier molecular flexibility index (Phi) is 6.21. The largest absolute Gasteiger partial charge is 0.434 e. The molecule has 1 fully saturated rings. The molecule has 1 saturated carbocycles. The molecule has 1 N–H and O–H groups in total. The number of halogens is 3. The summed E-state index contributed by atoms with van der Waals surface area (Å²) in [5.74, 6) is 0.169. The first-order chi connectivity index (χ1) is 10.1. The summed E-state index contributed by atoms with van der Waals surface area (Å²) in [6, 6.07) is 5.15. The van der Waals surface area contributed by atoms with Gasteiger partial charge in [0.15, 0.2) is 0 Å². The maximum Gasteiger partial charge on any atom is 0.387 e. The zero-order valence-corrected chi connectivity index (χ0v) is 12.5. The molecule has 1 aromatic carbocycles. The third-order valence-corrected chi connectivity index (χ3v) is 4.04. The van der Waals surface area contributed by atoms with E-state index in [0.29, 0.717) is 29.6 Å². The lowest BCUT2D eigenvalue weighted by Gasteiger charge is -2.37. The molecule has 0 spiro atoms. The van der Waals surface area contributed by atoms with Crippen LogP contribution in [-0.2, 0) is 6.54 Å². The maximum atomic E-state index is 12.5. The third kappa shape index (κ3) is 4.80. The van der Waals surface area contributed by atoms with E-state index in [0.717, 1.165) is 19.4 Å². The highest BCUT2D eigenvalue weighted by molar-refractivity contribution is 6.30. The van der Waals surface area contributed by atoms with Gasteiger partial charge >= 0.3 is 6.61 Å². The average molecular weight is 320 g/mol. The van der Waals surface area contributed by atoms with E-state index in [9.17, 15) is 8.78 Å². The normalized spacial score (nSPS) is 15.5. The topological polar surface area (TPSA) is 32.7 Å². The van der Waals surface area contributed by atoms with Crippen molar-refractivity contribution in [2.75, 3.05) is 13.2 Å². The number of aliphatic hydroxyl groups excluding tert-OH is 1. The van der Waals surface area contributed by atoms with Gasteiger partial charge in [-0.3, -0.25) is 4.90 Å². The molecule has 3 nitrogen and oxygen atoms in total. The van der Waals surface area contributed by atoms with Crippen LogP contribution in [0.15, 0.2) is 18.2 Å². The highest BCUT2D eigenvalue weighted by Crippen LogP contribution is 2.30. The van der Waals surface area contributed by atoms with E-state index in [-0.39, 0.29) is 12.4 Å². The van der Waals surface area contributed by atoms with Gasteiger partial charge in [0.25, 0.3) is 0 Å².